The van der Waals surface area contributed by atoms with E-state index in [9.17, 15) is 10.1 Å². The van der Waals surface area contributed by atoms with E-state index in [-0.39, 0.29) is 16.1 Å². The van der Waals surface area contributed by atoms with Crippen LogP contribution in [0.5, 0.6) is 0 Å². The summed E-state index contributed by atoms with van der Waals surface area (Å²) in [5, 5.41) is 10.7. The third-order valence-corrected chi connectivity index (χ3v) is 3.33. The van der Waals surface area contributed by atoms with E-state index in [1.807, 2.05) is 6.07 Å². The van der Waals surface area contributed by atoms with Crippen LogP contribution in [0.25, 0.3) is 0 Å². The summed E-state index contributed by atoms with van der Waals surface area (Å²) in [4.78, 5) is 10.3. The summed E-state index contributed by atoms with van der Waals surface area (Å²) in [6.45, 7) is 0. The van der Waals surface area contributed by atoms with E-state index in [1.54, 1.807) is 12.1 Å². The van der Waals surface area contributed by atoms with Crippen LogP contribution in [0.1, 0.15) is 18.4 Å². The Morgan fingerprint density at radius 3 is 2.73 bits per heavy atom. The van der Waals surface area contributed by atoms with Gasteiger partial charge in [0.25, 0.3) is 5.69 Å². The summed E-state index contributed by atoms with van der Waals surface area (Å²) in [5.74, 6) is 0. The highest BCUT2D eigenvalue weighted by Gasteiger charge is 2.38. The highest BCUT2D eigenvalue weighted by atomic mass is 79.9. The van der Waals surface area contributed by atoms with Gasteiger partial charge >= 0.3 is 0 Å². The number of halogens is 1. The Morgan fingerprint density at radius 1 is 1.53 bits per heavy atom. The van der Waals surface area contributed by atoms with Crippen molar-refractivity contribution in [2.24, 2.45) is 5.73 Å². The molecule has 0 heterocycles. The van der Waals surface area contributed by atoms with Gasteiger partial charge in [-0.25, -0.2) is 0 Å². The second kappa shape index (κ2) is 3.57. The van der Waals surface area contributed by atoms with Crippen LogP contribution in [0.4, 0.5) is 5.69 Å². The Morgan fingerprint density at radius 2 is 2.20 bits per heavy atom. The van der Waals surface area contributed by atoms with Gasteiger partial charge < -0.3 is 5.73 Å². The van der Waals surface area contributed by atoms with E-state index in [2.05, 4.69) is 15.9 Å². The molecule has 1 aromatic carbocycles. The molecule has 1 aromatic rings. The quantitative estimate of drug-likeness (QED) is 0.677. The van der Waals surface area contributed by atoms with Crippen molar-refractivity contribution in [3.63, 3.8) is 0 Å². The summed E-state index contributed by atoms with van der Waals surface area (Å²) in [6.07, 6.45) is 2.74. The van der Waals surface area contributed by atoms with E-state index in [0.29, 0.717) is 4.47 Å². The monoisotopic (exact) mass is 270 g/mol. The molecule has 0 amide bonds. The van der Waals surface area contributed by atoms with Gasteiger partial charge in [0.2, 0.25) is 0 Å². The molecule has 1 saturated carbocycles. The molecule has 1 aliphatic carbocycles. The van der Waals surface area contributed by atoms with Crippen molar-refractivity contribution in [2.45, 2.75) is 24.8 Å². The number of hydrogen-bond acceptors (Lipinski definition) is 3. The largest absolute Gasteiger partial charge is 0.325 e. The first-order chi connectivity index (χ1) is 7.00. The van der Waals surface area contributed by atoms with Crippen LogP contribution < -0.4 is 5.73 Å². The second-order valence-corrected chi connectivity index (χ2v) is 4.94. The van der Waals surface area contributed by atoms with E-state index >= 15 is 0 Å². The van der Waals surface area contributed by atoms with Gasteiger partial charge in [-0.15, -0.1) is 0 Å². The van der Waals surface area contributed by atoms with Crippen LogP contribution in [-0.4, -0.2) is 10.5 Å². The molecule has 2 rings (SSSR count). The van der Waals surface area contributed by atoms with Crippen molar-refractivity contribution < 1.29 is 4.92 Å². The Labute approximate surface area is 95.7 Å². The fourth-order valence-electron chi connectivity index (χ4n) is 1.55. The Hall–Kier alpha value is -0.940. The lowest BCUT2D eigenvalue weighted by molar-refractivity contribution is -0.385. The predicted molar refractivity (Wildman–Crippen MR) is 60.7 cm³/mol. The lowest BCUT2D eigenvalue weighted by Gasteiger charge is -2.08. The summed E-state index contributed by atoms with van der Waals surface area (Å²) in [5.41, 5.74) is 6.90. The molecule has 4 nitrogen and oxygen atoms in total. The Kier molecular flexibility index (Phi) is 2.52. The third kappa shape index (κ3) is 2.35. The summed E-state index contributed by atoms with van der Waals surface area (Å²) in [7, 11) is 0. The van der Waals surface area contributed by atoms with Crippen molar-refractivity contribution in [1.29, 1.82) is 0 Å². The van der Waals surface area contributed by atoms with Gasteiger partial charge in [0.05, 0.1) is 9.40 Å². The van der Waals surface area contributed by atoms with E-state index in [1.165, 1.54) is 0 Å². The van der Waals surface area contributed by atoms with Crippen molar-refractivity contribution in [3.05, 3.63) is 38.3 Å². The van der Waals surface area contributed by atoms with Crippen molar-refractivity contribution in [1.82, 2.24) is 0 Å². The molecule has 2 N–H and O–H groups in total. The molecule has 0 aliphatic heterocycles. The highest BCUT2D eigenvalue weighted by molar-refractivity contribution is 9.10. The maximum Gasteiger partial charge on any atom is 0.283 e. The molecule has 15 heavy (non-hydrogen) atoms. The number of nitrogens with zero attached hydrogens (tertiary/aromatic N) is 1. The van der Waals surface area contributed by atoms with Crippen molar-refractivity contribution >= 4 is 21.6 Å². The van der Waals surface area contributed by atoms with Gasteiger partial charge in [0.1, 0.15) is 0 Å². The molecule has 0 unspecified atom stereocenters. The van der Waals surface area contributed by atoms with Crippen LogP contribution in [0.3, 0.4) is 0 Å². The van der Waals surface area contributed by atoms with Crippen molar-refractivity contribution in [3.8, 4) is 0 Å². The molecule has 0 radical (unpaired) electrons. The third-order valence-electron chi connectivity index (χ3n) is 2.66. The lowest BCUT2D eigenvalue weighted by Crippen LogP contribution is -2.24. The topological polar surface area (TPSA) is 69.2 Å². The van der Waals surface area contributed by atoms with Crippen LogP contribution in [0, 0.1) is 10.1 Å². The maximum absolute atomic E-state index is 10.7. The molecule has 0 bridgehead atoms. The Balaban J connectivity index is 2.26. The van der Waals surface area contributed by atoms with E-state index < -0.39 is 0 Å². The summed E-state index contributed by atoms with van der Waals surface area (Å²) < 4.78 is 0.512. The maximum atomic E-state index is 10.7. The van der Waals surface area contributed by atoms with E-state index in [0.717, 1.165) is 24.8 Å². The molecule has 0 spiro atoms. The van der Waals surface area contributed by atoms with E-state index in [4.69, 9.17) is 5.73 Å². The van der Waals surface area contributed by atoms with Crippen LogP contribution >= 0.6 is 15.9 Å². The van der Waals surface area contributed by atoms with Crippen LogP contribution in [0.2, 0.25) is 0 Å². The zero-order valence-electron chi connectivity index (χ0n) is 8.07. The minimum absolute atomic E-state index is 0.108. The molecule has 1 aliphatic rings. The fourth-order valence-corrected chi connectivity index (χ4v) is 1.94. The molecular formula is C10H11BrN2O2. The first kappa shape index (κ1) is 10.6. The van der Waals surface area contributed by atoms with Gasteiger partial charge in [0.15, 0.2) is 0 Å². The SMILES string of the molecule is NC1(Cc2ccc(Br)c([N+](=O)[O-])c2)CC1. The molecular weight excluding hydrogens is 260 g/mol. The Bertz CT molecular complexity index is 416. The minimum atomic E-state index is -0.385. The lowest BCUT2D eigenvalue weighted by atomic mass is 10.0. The normalized spacial score (nSPS) is 17.5. The zero-order valence-corrected chi connectivity index (χ0v) is 9.66. The number of hydrogen-bond donors (Lipinski definition) is 1. The number of nitro benzene ring substituents is 1. The average molecular weight is 271 g/mol. The standard InChI is InChI=1S/C10H11BrN2O2/c11-8-2-1-7(5-9(8)13(14)15)6-10(12)3-4-10/h1-2,5H,3-4,6,12H2. The molecule has 1 fully saturated rings. The van der Waals surface area contributed by atoms with Gasteiger partial charge in [-0.05, 0) is 46.8 Å². The second-order valence-electron chi connectivity index (χ2n) is 4.08. The number of nitrogens with two attached hydrogens (primary N) is 1. The van der Waals surface area contributed by atoms with Crippen LogP contribution in [-0.2, 0) is 6.42 Å². The number of benzene rings is 1. The van der Waals surface area contributed by atoms with Crippen LogP contribution in [0.15, 0.2) is 22.7 Å². The van der Waals surface area contributed by atoms with Gasteiger partial charge in [-0.2, -0.15) is 0 Å². The first-order valence-corrected chi connectivity index (χ1v) is 5.51. The summed E-state index contributed by atoms with van der Waals surface area (Å²) in [6, 6.07) is 5.18. The molecule has 5 heteroatoms. The minimum Gasteiger partial charge on any atom is -0.325 e. The molecule has 0 atom stereocenters. The molecule has 0 saturated heterocycles. The number of nitro groups is 1. The van der Waals surface area contributed by atoms with Gasteiger partial charge in [0, 0.05) is 11.6 Å². The highest BCUT2D eigenvalue weighted by Crippen LogP contribution is 2.37. The molecule has 80 valence electrons. The average Bonchev–Trinajstić information content (AvgIpc) is 2.87. The fraction of sp³-hybridized carbons (Fsp3) is 0.400. The molecule has 0 aromatic heterocycles. The van der Waals surface area contributed by atoms with Gasteiger partial charge in [-0.1, -0.05) is 6.07 Å². The predicted octanol–water partition coefficient (Wildman–Crippen LogP) is 2.39. The zero-order chi connectivity index (χ0) is 11.1. The summed E-state index contributed by atoms with van der Waals surface area (Å²) >= 11 is 3.15. The smallest absolute Gasteiger partial charge is 0.283 e. The first-order valence-electron chi connectivity index (χ1n) is 4.72. The van der Waals surface area contributed by atoms with Gasteiger partial charge in [-0.3, -0.25) is 10.1 Å². The number of rotatable bonds is 3. The van der Waals surface area contributed by atoms with Crippen molar-refractivity contribution in [2.75, 3.05) is 0 Å².